The molecule has 1 aromatic rings. The molecule has 0 saturated carbocycles. The zero-order valence-corrected chi connectivity index (χ0v) is 11.6. The van der Waals surface area contributed by atoms with E-state index >= 15 is 0 Å². The lowest BCUT2D eigenvalue weighted by Crippen LogP contribution is -2.41. The summed E-state index contributed by atoms with van der Waals surface area (Å²) >= 11 is 3.80. The molecular weight excluding hydrogens is 276 g/mol. The molecule has 6 heteroatoms. The van der Waals surface area contributed by atoms with Gasteiger partial charge in [-0.3, -0.25) is 14.4 Å². The molecule has 0 spiro atoms. The number of Topliss-reactive ketones (excluding diaryl/α,β-unsaturated/α-hetero) is 1. The van der Waals surface area contributed by atoms with Crippen LogP contribution < -0.4 is 0 Å². The first-order chi connectivity index (χ1) is 9.59. The molecule has 2 heterocycles. The van der Waals surface area contributed by atoms with Crippen molar-refractivity contribution in [2.75, 3.05) is 13.1 Å². The second-order valence-corrected chi connectivity index (χ2v) is 5.42. The Hall–Kier alpha value is -1.82. The summed E-state index contributed by atoms with van der Waals surface area (Å²) in [4.78, 5) is 39.0. The van der Waals surface area contributed by atoms with E-state index in [4.69, 9.17) is 0 Å². The number of ketones is 1. The highest BCUT2D eigenvalue weighted by Crippen LogP contribution is 2.31. The molecule has 2 saturated heterocycles. The molecule has 2 fully saturated rings. The summed E-state index contributed by atoms with van der Waals surface area (Å²) in [5.74, 6) is -0.237. The smallest absolute Gasteiger partial charge is 0.279 e. The number of carbonyl (C=O) groups is 3. The summed E-state index contributed by atoms with van der Waals surface area (Å²) in [5.41, 5.74) is 0.566. The normalized spacial score (nSPS) is 24.9. The van der Waals surface area contributed by atoms with Crippen LogP contribution in [0.15, 0.2) is 30.3 Å². The molecule has 3 rings (SSSR count). The molecule has 2 aliphatic rings. The van der Waals surface area contributed by atoms with Gasteiger partial charge in [0.1, 0.15) is 6.04 Å². The van der Waals surface area contributed by atoms with Crippen LogP contribution in [0.5, 0.6) is 0 Å². The average molecular weight is 290 g/mol. The van der Waals surface area contributed by atoms with Gasteiger partial charge in [0.15, 0.2) is 5.78 Å². The lowest BCUT2D eigenvalue weighted by atomic mass is 10.1. The second kappa shape index (κ2) is 4.94. The second-order valence-electron chi connectivity index (χ2n) is 5.04. The van der Waals surface area contributed by atoms with Crippen molar-refractivity contribution in [3.63, 3.8) is 0 Å². The molecule has 5 nitrogen and oxygen atoms in total. The molecule has 1 aromatic carbocycles. The van der Waals surface area contributed by atoms with E-state index in [0.717, 1.165) is 0 Å². The molecule has 0 bridgehead atoms. The van der Waals surface area contributed by atoms with Crippen molar-refractivity contribution in [3.8, 4) is 0 Å². The number of hydrogen-bond donors (Lipinski definition) is 1. The van der Waals surface area contributed by atoms with E-state index in [0.29, 0.717) is 18.5 Å². The topological polar surface area (TPSA) is 57.7 Å². The Kier molecular flexibility index (Phi) is 3.25. The molecule has 2 amide bonds. The Morgan fingerprint density at radius 2 is 1.85 bits per heavy atom. The standard InChI is InChI=1S/C14H14N2O3S/c17-11-8-16(13(18)9-4-2-1-3-5-9)10-6-7-15(12(10)11)14(19)20/h1-5,10,12H,6-8H2,(H,19,20). The van der Waals surface area contributed by atoms with Crippen molar-refractivity contribution >= 4 is 29.6 Å². The predicted octanol–water partition coefficient (Wildman–Crippen LogP) is 1.20. The largest absolute Gasteiger partial charge is 0.326 e. The van der Waals surface area contributed by atoms with Crippen LogP contribution in [-0.4, -0.2) is 51.9 Å². The fourth-order valence-electron chi connectivity index (χ4n) is 3.05. The van der Waals surface area contributed by atoms with Crippen LogP contribution in [0.3, 0.4) is 0 Å². The number of rotatable bonds is 1. The Morgan fingerprint density at radius 3 is 2.50 bits per heavy atom. The molecule has 104 valence electrons. The van der Waals surface area contributed by atoms with Crippen LogP contribution in [0, 0.1) is 0 Å². The van der Waals surface area contributed by atoms with Crippen molar-refractivity contribution in [1.29, 1.82) is 0 Å². The van der Waals surface area contributed by atoms with E-state index in [2.05, 4.69) is 12.6 Å². The average Bonchev–Trinajstić information content (AvgIpc) is 3.01. The van der Waals surface area contributed by atoms with E-state index in [1.807, 2.05) is 6.07 Å². The Morgan fingerprint density at radius 1 is 1.15 bits per heavy atom. The van der Waals surface area contributed by atoms with E-state index in [9.17, 15) is 14.4 Å². The summed E-state index contributed by atoms with van der Waals surface area (Å²) in [6, 6.07) is 8.15. The van der Waals surface area contributed by atoms with Crippen molar-refractivity contribution in [3.05, 3.63) is 35.9 Å². The van der Waals surface area contributed by atoms with Crippen molar-refractivity contribution in [1.82, 2.24) is 9.80 Å². The zero-order valence-electron chi connectivity index (χ0n) is 10.7. The Balaban J connectivity index is 1.86. The highest BCUT2D eigenvalue weighted by atomic mass is 32.1. The first kappa shape index (κ1) is 13.2. The van der Waals surface area contributed by atoms with E-state index in [-0.39, 0.29) is 24.3 Å². The van der Waals surface area contributed by atoms with E-state index in [1.54, 1.807) is 29.2 Å². The number of likely N-dealkylation sites (tertiary alicyclic amines) is 2. The third-order valence-corrected chi connectivity index (χ3v) is 4.21. The summed E-state index contributed by atoms with van der Waals surface area (Å²) in [7, 11) is 0. The first-order valence-electron chi connectivity index (χ1n) is 6.48. The van der Waals surface area contributed by atoms with Crippen molar-refractivity contribution < 1.29 is 14.4 Å². The summed E-state index contributed by atoms with van der Waals surface area (Å²) in [6.07, 6.45) is 0.626. The minimum Gasteiger partial charge on any atom is -0.326 e. The van der Waals surface area contributed by atoms with E-state index in [1.165, 1.54) is 4.90 Å². The van der Waals surface area contributed by atoms with Gasteiger partial charge in [0.05, 0.1) is 12.6 Å². The van der Waals surface area contributed by atoms with Gasteiger partial charge in [-0.2, -0.15) is 0 Å². The number of fused-ring (bicyclic) bond motifs is 1. The number of thiol groups is 1. The highest BCUT2D eigenvalue weighted by Gasteiger charge is 2.50. The number of carbonyl (C=O) groups excluding carboxylic acids is 3. The van der Waals surface area contributed by atoms with Crippen LogP contribution in [0.1, 0.15) is 16.8 Å². The molecule has 0 aliphatic carbocycles. The van der Waals surface area contributed by atoms with E-state index < -0.39 is 11.3 Å². The lowest BCUT2D eigenvalue weighted by Gasteiger charge is -2.23. The van der Waals surface area contributed by atoms with Crippen molar-refractivity contribution in [2.45, 2.75) is 18.5 Å². The molecule has 2 unspecified atom stereocenters. The number of benzene rings is 1. The van der Waals surface area contributed by atoms with Gasteiger partial charge < -0.3 is 9.80 Å². The van der Waals surface area contributed by atoms with Crippen molar-refractivity contribution in [2.24, 2.45) is 0 Å². The van der Waals surface area contributed by atoms with Gasteiger partial charge in [-0.1, -0.05) is 30.8 Å². The summed E-state index contributed by atoms with van der Waals surface area (Å²) in [6.45, 7) is 0.544. The monoisotopic (exact) mass is 290 g/mol. The van der Waals surface area contributed by atoms with Crippen LogP contribution in [0.2, 0.25) is 0 Å². The number of nitrogens with zero attached hydrogens (tertiary/aromatic N) is 2. The SMILES string of the molecule is O=C1CN(C(=O)c2ccccc2)C2CCN(C(=O)S)C12. The van der Waals surface area contributed by atoms with Gasteiger partial charge in [-0.05, 0) is 18.6 Å². The molecule has 2 aliphatic heterocycles. The Labute approximate surface area is 121 Å². The lowest BCUT2D eigenvalue weighted by molar-refractivity contribution is -0.119. The fourth-order valence-corrected chi connectivity index (χ4v) is 3.28. The highest BCUT2D eigenvalue weighted by molar-refractivity contribution is 7.96. The van der Waals surface area contributed by atoms with Gasteiger partial charge in [-0.25, -0.2) is 0 Å². The molecule has 20 heavy (non-hydrogen) atoms. The van der Waals surface area contributed by atoms with Crippen LogP contribution in [-0.2, 0) is 4.79 Å². The molecule has 0 N–H and O–H groups in total. The fraction of sp³-hybridized carbons (Fsp3) is 0.357. The number of hydrogen-bond acceptors (Lipinski definition) is 3. The Bertz CT molecular complexity index is 575. The van der Waals surface area contributed by atoms with Gasteiger partial charge in [0, 0.05) is 12.1 Å². The zero-order chi connectivity index (χ0) is 14.3. The predicted molar refractivity (Wildman–Crippen MR) is 75.8 cm³/mol. The maximum absolute atomic E-state index is 12.5. The maximum atomic E-state index is 12.5. The van der Waals surface area contributed by atoms with Gasteiger partial charge in [0.25, 0.3) is 11.1 Å². The van der Waals surface area contributed by atoms with Gasteiger partial charge in [-0.15, -0.1) is 0 Å². The molecule has 0 radical (unpaired) electrons. The quantitative estimate of drug-likeness (QED) is 0.791. The van der Waals surface area contributed by atoms with Crippen LogP contribution in [0.4, 0.5) is 4.79 Å². The maximum Gasteiger partial charge on any atom is 0.279 e. The molecular formula is C14H14N2O3S. The molecule has 2 atom stereocenters. The van der Waals surface area contributed by atoms with Crippen LogP contribution in [0.25, 0.3) is 0 Å². The van der Waals surface area contributed by atoms with Gasteiger partial charge >= 0.3 is 0 Å². The van der Waals surface area contributed by atoms with Gasteiger partial charge in [0.2, 0.25) is 0 Å². The van der Waals surface area contributed by atoms with Crippen LogP contribution >= 0.6 is 12.6 Å². The minimum atomic E-state index is -0.521. The first-order valence-corrected chi connectivity index (χ1v) is 6.92. The third kappa shape index (κ3) is 2.00. The number of amides is 2. The summed E-state index contributed by atoms with van der Waals surface area (Å²) in [5, 5.41) is -0.403. The molecule has 0 aromatic heterocycles. The minimum absolute atomic E-state index is 0.0701. The third-order valence-electron chi connectivity index (χ3n) is 3.95. The summed E-state index contributed by atoms with van der Waals surface area (Å²) < 4.78 is 0.